The number of nitrogens with one attached hydrogen (secondary N) is 1. The second kappa shape index (κ2) is 10.2. The Labute approximate surface area is 212 Å². The first-order valence-corrected chi connectivity index (χ1v) is 12.4. The Morgan fingerprint density at radius 2 is 1.97 bits per heavy atom. The molecule has 1 aliphatic heterocycles. The molecule has 1 aliphatic rings. The third-order valence-corrected chi connectivity index (χ3v) is 6.48. The van der Waals surface area contributed by atoms with Crippen molar-refractivity contribution in [2.75, 3.05) is 23.4 Å². The van der Waals surface area contributed by atoms with Gasteiger partial charge in [-0.25, -0.2) is 4.98 Å². The zero-order chi connectivity index (χ0) is 25.1. The third kappa shape index (κ3) is 4.78. The summed E-state index contributed by atoms with van der Waals surface area (Å²) in [6.45, 7) is 3.86. The molecule has 1 unspecified atom stereocenters. The van der Waals surface area contributed by atoms with E-state index in [4.69, 9.17) is 14.5 Å². The predicted octanol–water partition coefficient (Wildman–Crippen LogP) is 5.02. The second-order valence-corrected chi connectivity index (χ2v) is 8.96. The Hall–Kier alpha value is -4.24. The van der Waals surface area contributed by atoms with Crippen molar-refractivity contribution in [2.45, 2.75) is 20.0 Å². The Balaban J connectivity index is 1.41. The molecular formula is C27H24N4O4S. The molecule has 4 aromatic rings. The molecule has 2 amide bonds. The molecule has 0 bridgehead atoms. The number of amides is 2. The fraction of sp³-hybridized carbons (Fsp3) is 0.185. The topological polar surface area (TPSA) is 93.7 Å². The number of hydrogen-bond donors (Lipinski definition) is 1. The van der Waals surface area contributed by atoms with Gasteiger partial charge in [0.15, 0.2) is 6.10 Å². The number of benzene rings is 2. The van der Waals surface area contributed by atoms with Gasteiger partial charge >= 0.3 is 0 Å². The van der Waals surface area contributed by atoms with Gasteiger partial charge in [-0.1, -0.05) is 18.2 Å². The quantitative estimate of drug-likeness (QED) is 0.383. The van der Waals surface area contributed by atoms with Crippen LogP contribution in [0.4, 0.5) is 11.4 Å². The van der Waals surface area contributed by atoms with E-state index >= 15 is 0 Å². The molecule has 0 spiro atoms. The van der Waals surface area contributed by atoms with Gasteiger partial charge in [-0.05, 0) is 56.3 Å². The number of rotatable bonds is 7. The number of para-hydroxylation sites is 2. The number of nitrogens with zero attached hydrogens (tertiary/aromatic N) is 3. The first-order chi connectivity index (χ1) is 17.5. The highest BCUT2D eigenvalue weighted by atomic mass is 32.1. The monoisotopic (exact) mass is 500 g/mol. The van der Waals surface area contributed by atoms with Crippen LogP contribution in [0.5, 0.6) is 11.5 Å². The molecule has 3 heterocycles. The molecule has 0 saturated carbocycles. The van der Waals surface area contributed by atoms with Gasteiger partial charge in [0.1, 0.15) is 23.1 Å². The van der Waals surface area contributed by atoms with Gasteiger partial charge in [0.25, 0.3) is 5.91 Å². The maximum absolute atomic E-state index is 13.1. The van der Waals surface area contributed by atoms with E-state index < -0.39 is 6.10 Å². The minimum absolute atomic E-state index is 0.167. The Kier molecular flexibility index (Phi) is 6.64. The minimum atomic E-state index is -0.707. The lowest BCUT2D eigenvalue weighted by Gasteiger charge is -2.33. The number of carbonyl (C=O) groups excluding carboxylic acids is 2. The van der Waals surface area contributed by atoms with Gasteiger partial charge < -0.3 is 14.8 Å². The lowest BCUT2D eigenvalue weighted by atomic mass is 10.1. The highest BCUT2D eigenvalue weighted by Gasteiger charge is 2.33. The number of anilines is 2. The van der Waals surface area contributed by atoms with Crippen LogP contribution in [-0.4, -0.2) is 41.0 Å². The molecular weight excluding hydrogens is 476 g/mol. The van der Waals surface area contributed by atoms with E-state index in [1.807, 2.05) is 60.8 Å². The Morgan fingerprint density at radius 3 is 2.78 bits per heavy atom. The summed E-state index contributed by atoms with van der Waals surface area (Å²) < 4.78 is 11.4. The van der Waals surface area contributed by atoms with Gasteiger partial charge in [-0.15, -0.1) is 11.3 Å². The summed E-state index contributed by atoms with van der Waals surface area (Å²) in [7, 11) is 0. The van der Waals surface area contributed by atoms with E-state index in [-0.39, 0.29) is 18.4 Å². The maximum atomic E-state index is 13.1. The van der Waals surface area contributed by atoms with Crippen LogP contribution >= 0.6 is 11.3 Å². The Morgan fingerprint density at radius 1 is 1.14 bits per heavy atom. The summed E-state index contributed by atoms with van der Waals surface area (Å²) in [6, 6.07) is 18.4. The van der Waals surface area contributed by atoms with E-state index in [9.17, 15) is 9.59 Å². The van der Waals surface area contributed by atoms with Crippen molar-refractivity contribution in [3.63, 3.8) is 0 Å². The third-order valence-electron chi connectivity index (χ3n) is 5.61. The van der Waals surface area contributed by atoms with Gasteiger partial charge in [0.05, 0.1) is 29.4 Å². The van der Waals surface area contributed by atoms with Crippen LogP contribution in [0.1, 0.15) is 13.8 Å². The van der Waals surface area contributed by atoms with Crippen molar-refractivity contribution in [2.24, 2.45) is 0 Å². The largest absolute Gasteiger partial charge is 0.492 e. The van der Waals surface area contributed by atoms with E-state index in [0.29, 0.717) is 29.5 Å². The molecule has 0 radical (unpaired) electrons. The van der Waals surface area contributed by atoms with Gasteiger partial charge in [0, 0.05) is 17.1 Å². The average Bonchev–Trinajstić information content (AvgIpc) is 3.39. The van der Waals surface area contributed by atoms with Crippen molar-refractivity contribution in [3.05, 3.63) is 72.2 Å². The average molecular weight is 501 g/mol. The highest BCUT2D eigenvalue weighted by molar-refractivity contribution is 7.13. The number of pyridine rings is 1. The summed E-state index contributed by atoms with van der Waals surface area (Å²) in [5.41, 5.74) is 3.44. The number of ether oxygens (including phenoxy) is 2. The standard InChI is InChI=1S/C27H24N4O4S/c1-3-34-23-10-5-4-8-19(23)29-25(32)15-31-22-14-18(11-12-24(22)35-17(2)27(31)33)21-16-36-26(30-21)20-9-6-7-13-28-20/h4-14,16-17H,3,15H2,1-2H3,(H,29,32). The van der Waals surface area contributed by atoms with Gasteiger partial charge in [-0.3, -0.25) is 19.5 Å². The smallest absolute Gasteiger partial charge is 0.268 e. The van der Waals surface area contributed by atoms with E-state index in [1.165, 1.54) is 16.2 Å². The normalized spacial score (nSPS) is 14.7. The second-order valence-electron chi connectivity index (χ2n) is 8.10. The lowest BCUT2D eigenvalue weighted by Crippen LogP contribution is -2.47. The van der Waals surface area contributed by atoms with Crippen molar-refractivity contribution in [1.82, 2.24) is 9.97 Å². The van der Waals surface area contributed by atoms with E-state index in [1.54, 1.807) is 25.3 Å². The van der Waals surface area contributed by atoms with Crippen LogP contribution in [-0.2, 0) is 9.59 Å². The first-order valence-electron chi connectivity index (χ1n) is 11.5. The summed E-state index contributed by atoms with van der Waals surface area (Å²) in [5, 5.41) is 5.61. The number of thiazole rings is 1. The zero-order valence-electron chi connectivity index (χ0n) is 19.8. The van der Waals surface area contributed by atoms with Crippen molar-refractivity contribution >= 4 is 34.5 Å². The summed E-state index contributed by atoms with van der Waals surface area (Å²) >= 11 is 1.49. The number of aromatic nitrogens is 2. The van der Waals surface area contributed by atoms with Crippen molar-refractivity contribution < 1.29 is 19.1 Å². The fourth-order valence-electron chi connectivity index (χ4n) is 3.93. The molecule has 2 aromatic heterocycles. The van der Waals surface area contributed by atoms with Crippen LogP contribution < -0.4 is 19.7 Å². The predicted molar refractivity (Wildman–Crippen MR) is 139 cm³/mol. The highest BCUT2D eigenvalue weighted by Crippen LogP contribution is 2.38. The molecule has 36 heavy (non-hydrogen) atoms. The minimum Gasteiger partial charge on any atom is -0.492 e. The molecule has 0 saturated heterocycles. The van der Waals surface area contributed by atoms with Crippen molar-refractivity contribution in [1.29, 1.82) is 0 Å². The molecule has 5 rings (SSSR count). The van der Waals surface area contributed by atoms with Crippen LogP contribution in [0.25, 0.3) is 22.0 Å². The molecule has 182 valence electrons. The SMILES string of the molecule is CCOc1ccccc1NC(=O)CN1C(=O)C(C)Oc2ccc(-c3csc(-c4ccccn4)n3)cc21. The molecule has 1 atom stereocenters. The number of fused-ring (bicyclic) bond motifs is 1. The number of hydrogen-bond acceptors (Lipinski definition) is 7. The Bertz CT molecular complexity index is 1410. The zero-order valence-corrected chi connectivity index (χ0v) is 20.6. The van der Waals surface area contributed by atoms with Crippen LogP contribution in [0.2, 0.25) is 0 Å². The summed E-state index contributed by atoms with van der Waals surface area (Å²) in [4.78, 5) is 36.6. The molecule has 8 nitrogen and oxygen atoms in total. The van der Waals surface area contributed by atoms with E-state index in [0.717, 1.165) is 22.0 Å². The molecule has 0 aliphatic carbocycles. The van der Waals surface area contributed by atoms with Gasteiger partial charge in [0.2, 0.25) is 5.91 Å². The number of carbonyl (C=O) groups is 2. The summed E-state index contributed by atoms with van der Waals surface area (Å²) in [5.74, 6) is 0.478. The molecule has 1 N–H and O–H groups in total. The lowest BCUT2D eigenvalue weighted by molar-refractivity contribution is -0.127. The van der Waals surface area contributed by atoms with Crippen LogP contribution in [0.3, 0.4) is 0 Å². The fourth-order valence-corrected chi connectivity index (χ4v) is 4.73. The van der Waals surface area contributed by atoms with Crippen molar-refractivity contribution in [3.8, 4) is 33.5 Å². The van der Waals surface area contributed by atoms with Crippen LogP contribution in [0.15, 0.2) is 72.2 Å². The molecule has 2 aromatic carbocycles. The van der Waals surface area contributed by atoms with Gasteiger partial charge in [-0.2, -0.15) is 0 Å². The molecule has 0 fully saturated rings. The molecule has 9 heteroatoms. The van der Waals surface area contributed by atoms with E-state index in [2.05, 4.69) is 10.3 Å². The summed E-state index contributed by atoms with van der Waals surface area (Å²) in [6.07, 6.45) is 1.02. The first kappa shape index (κ1) is 23.5. The van der Waals surface area contributed by atoms with Crippen LogP contribution in [0, 0.1) is 0 Å². The maximum Gasteiger partial charge on any atom is 0.268 e.